The molecule has 3 nitrogen and oxygen atoms in total. The van der Waals surface area contributed by atoms with Crippen molar-refractivity contribution in [3.05, 3.63) is 63.6 Å². The Balaban J connectivity index is 2.24. The predicted octanol–water partition coefficient (Wildman–Crippen LogP) is 4.34. The van der Waals surface area contributed by atoms with E-state index >= 15 is 0 Å². The van der Waals surface area contributed by atoms with Gasteiger partial charge in [-0.2, -0.15) is 0 Å². The maximum absolute atomic E-state index is 12.3. The number of rotatable bonds is 4. The lowest BCUT2D eigenvalue weighted by atomic mass is 10.1. The van der Waals surface area contributed by atoms with Gasteiger partial charge in [-0.15, -0.1) is 0 Å². The average molecular weight is 344 g/mol. The number of sulfonamides is 1. The molecule has 0 aliphatic carbocycles. The highest BCUT2D eigenvalue weighted by Crippen LogP contribution is 2.25. The van der Waals surface area contributed by atoms with E-state index in [9.17, 15) is 8.42 Å². The molecule has 0 aromatic heterocycles. The molecule has 0 aliphatic rings. The summed E-state index contributed by atoms with van der Waals surface area (Å²) in [5.41, 5.74) is 2.02. The van der Waals surface area contributed by atoms with Crippen molar-refractivity contribution in [3.8, 4) is 0 Å². The largest absolute Gasteiger partial charge is 0.241 e. The van der Waals surface area contributed by atoms with Gasteiger partial charge in [-0.1, -0.05) is 53.0 Å². The minimum Gasteiger partial charge on any atom is -0.207 e. The first-order valence-electron chi connectivity index (χ1n) is 6.33. The number of aryl methyl sites for hydroxylation is 1. The van der Waals surface area contributed by atoms with Gasteiger partial charge in [0.1, 0.15) is 0 Å². The smallest absolute Gasteiger partial charge is 0.207 e. The number of benzene rings is 2. The Kier molecular flexibility index (Phi) is 4.94. The van der Waals surface area contributed by atoms with Crippen LogP contribution in [0.4, 0.5) is 0 Å². The zero-order valence-corrected chi connectivity index (χ0v) is 13.9. The van der Waals surface area contributed by atoms with Crippen LogP contribution in [-0.4, -0.2) is 8.42 Å². The maximum Gasteiger partial charge on any atom is 0.241 e. The van der Waals surface area contributed by atoms with E-state index in [1.165, 1.54) is 18.2 Å². The van der Waals surface area contributed by atoms with Crippen LogP contribution in [0, 0.1) is 6.92 Å². The zero-order chi connectivity index (χ0) is 15.6. The summed E-state index contributed by atoms with van der Waals surface area (Å²) in [6.45, 7) is 3.77. The molecule has 112 valence electrons. The highest BCUT2D eigenvalue weighted by molar-refractivity contribution is 7.89. The van der Waals surface area contributed by atoms with Crippen molar-refractivity contribution in [2.75, 3.05) is 0 Å². The lowest BCUT2D eigenvalue weighted by Crippen LogP contribution is -2.26. The van der Waals surface area contributed by atoms with Crippen LogP contribution in [0.2, 0.25) is 10.0 Å². The molecule has 6 heteroatoms. The van der Waals surface area contributed by atoms with Gasteiger partial charge in [0.15, 0.2) is 0 Å². The molecule has 0 saturated carbocycles. The van der Waals surface area contributed by atoms with Gasteiger partial charge in [0, 0.05) is 6.04 Å². The van der Waals surface area contributed by atoms with E-state index in [1.807, 2.05) is 31.2 Å². The van der Waals surface area contributed by atoms with Crippen molar-refractivity contribution in [2.45, 2.75) is 24.8 Å². The van der Waals surface area contributed by atoms with E-state index in [4.69, 9.17) is 23.2 Å². The number of hydrogen-bond acceptors (Lipinski definition) is 2. The molecule has 0 spiro atoms. The lowest BCUT2D eigenvalue weighted by Gasteiger charge is -2.15. The Morgan fingerprint density at radius 1 is 1.00 bits per heavy atom. The summed E-state index contributed by atoms with van der Waals surface area (Å²) in [6, 6.07) is 11.6. The van der Waals surface area contributed by atoms with E-state index in [-0.39, 0.29) is 16.0 Å². The molecule has 1 unspecified atom stereocenters. The molecule has 0 heterocycles. The SMILES string of the molecule is Cc1ccc(C(C)NS(=O)(=O)c2ccc(Cl)c(Cl)c2)cc1. The molecule has 2 aromatic carbocycles. The second-order valence-corrected chi connectivity index (χ2v) is 7.36. The fourth-order valence-corrected chi connectivity index (χ4v) is 3.49. The van der Waals surface area contributed by atoms with Gasteiger partial charge in [0.2, 0.25) is 10.0 Å². The number of halogens is 2. The molecule has 0 amide bonds. The molecule has 0 bridgehead atoms. The number of hydrogen-bond donors (Lipinski definition) is 1. The Bertz CT molecular complexity index is 743. The van der Waals surface area contributed by atoms with E-state index < -0.39 is 10.0 Å². The summed E-state index contributed by atoms with van der Waals surface area (Å²) in [5, 5.41) is 0.532. The molecule has 0 aliphatic heterocycles. The molecule has 1 N–H and O–H groups in total. The summed E-state index contributed by atoms with van der Waals surface area (Å²) < 4.78 is 27.3. The second kappa shape index (κ2) is 6.36. The van der Waals surface area contributed by atoms with Gasteiger partial charge in [-0.25, -0.2) is 13.1 Å². The van der Waals surface area contributed by atoms with Gasteiger partial charge in [-0.3, -0.25) is 0 Å². The summed E-state index contributed by atoms with van der Waals surface area (Å²) >= 11 is 11.7. The molecule has 21 heavy (non-hydrogen) atoms. The van der Waals surface area contributed by atoms with Crippen molar-refractivity contribution >= 4 is 33.2 Å². The fourth-order valence-electron chi connectivity index (χ4n) is 1.87. The van der Waals surface area contributed by atoms with Crippen molar-refractivity contribution in [3.63, 3.8) is 0 Å². The predicted molar refractivity (Wildman–Crippen MR) is 86.4 cm³/mol. The molecule has 0 fully saturated rings. The maximum atomic E-state index is 12.3. The first-order valence-corrected chi connectivity index (χ1v) is 8.57. The van der Waals surface area contributed by atoms with Gasteiger partial charge in [0.05, 0.1) is 14.9 Å². The van der Waals surface area contributed by atoms with Crippen LogP contribution in [-0.2, 0) is 10.0 Å². The van der Waals surface area contributed by atoms with Crippen molar-refractivity contribution in [1.29, 1.82) is 0 Å². The summed E-state index contributed by atoms with van der Waals surface area (Å²) in [5.74, 6) is 0. The summed E-state index contributed by atoms with van der Waals surface area (Å²) in [7, 11) is -3.65. The van der Waals surface area contributed by atoms with Crippen LogP contribution < -0.4 is 4.72 Å². The zero-order valence-electron chi connectivity index (χ0n) is 11.6. The Morgan fingerprint density at radius 3 is 2.19 bits per heavy atom. The van der Waals surface area contributed by atoms with E-state index in [0.29, 0.717) is 5.02 Å². The molecule has 0 radical (unpaired) electrons. The van der Waals surface area contributed by atoms with Crippen LogP contribution in [0.15, 0.2) is 47.4 Å². The van der Waals surface area contributed by atoms with Crippen molar-refractivity contribution < 1.29 is 8.42 Å². The summed E-state index contributed by atoms with van der Waals surface area (Å²) in [4.78, 5) is 0.0934. The molecule has 0 saturated heterocycles. The quantitative estimate of drug-likeness (QED) is 0.897. The fraction of sp³-hybridized carbons (Fsp3) is 0.200. The minimum atomic E-state index is -3.65. The van der Waals surface area contributed by atoms with Gasteiger partial charge < -0.3 is 0 Å². The highest BCUT2D eigenvalue weighted by atomic mass is 35.5. The number of nitrogens with one attached hydrogen (secondary N) is 1. The highest BCUT2D eigenvalue weighted by Gasteiger charge is 2.19. The third-order valence-electron chi connectivity index (χ3n) is 3.11. The average Bonchev–Trinajstić information content (AvgIpc) is 2.42. The molecular formula is C15H15Cl2NO2S. The third kappa shape index (κ3) is 3.98. The first kappa shape index (κ1) is 16.3. The lowest BCUT2D eigenvalue weighted by molar-refractivity contribution is 0.567. The van der Waals surface area contributed by atoms with Gasteiger partial charge in [0.25, 0.3) is 0 Å². The second-order valence-electron chi connectivity index (χ2n) is 4.83. The molecule has 1 atom stereocenters. The Morgan fingerprint density at radius 2 is 1.62 bits per heavy atom. The van der Waals surface area contributed by atoms with Crippen LogP contribution in [0.25, 0.3) is 0 Å². The van der Waals surface area contributed by atoms with E-state index in [1.54, 1.807) is 6.92 Å². The Hall–Kier alpha value is -1.07. The van der Waals surface area contributed by atoms with Gasteiger partial charge >= 0.3 is 0 Å². The first-order chi connectivity index (χ1) is 9.79. The standard InChI is InChI=1S/C15H15Cl2NO2S/c1-10-3-5-12(6-4-10)11(2)18-21(19,20)13-7-8-14(16)15(17)9-13/h3-9,11,18H,1-2H3. The third-order valence-corrected chi connectivity index (χ3v) is 5.39. The van der Waals surface area contributed by atoms with Crippen LogP contribution in [0.3, 0.4) is 0 Å². The molecule has 2 rings (SSSR count). The Labute approximate surface area is 135 Å². The van der Waals surface area contributed by atoms with Crippen LogP contribution in [0.1, 0.15) is 24.1 Å². The van der Waals surface area contributed by atoms with Crippen molar-refractivity contribution in [2.24, 2.45) is 0 Å². The topological polar surface area (TPSA) is 46.2 Å². The monoisotopic (exact) mass is 343 g/mol. The van der Waals surface area contributed by atoms with Crippen LogP contribution in [0.5, 0.6) is 0 Å². The minimum absolute atomic E-state index is 0.0934. The van der Waals surface area contributed by atoms with Crippen molar-refractivity contribution in [1.82, 2.24) is 4.72 Å². The summed E-state index contributed by atoms with van der Waals surface area (Å²) in [6.07, 6.45) is 0. The van der Waals surface area contributed by atoms with Gasteiger partial charge in [-0.05, 0) is 37.6 Å². The van der Waals surface area contributed by atoms with E-state index in [2.05, 4.69) is 4.72 Å². The van der Waals surface area contributed by atoms with E-state index in [0.717, 1.165) is 11.1 Å². The molecule has 2 aromatic rings. The molecular weight excluding hydrogens is 329 g/mol. The normalized spacial score (nSPS) is 13.1. The van der Waals surface area contributed by atoms with Crippen LogP contribution >= 0.6 is 23.2 Å².